The first-order valence-electron chi connectivity index (χ1n) is 8.56. The number of halogens is 1. The quantitative estimate of drug-likeness (QED) is 0.694. The molecular formula is C20H25ClN3O2+. The molecular weight excluding hydrogens is 350 g/mol. The summed E-state index contributed by atoms with van der Waals surface area (Å²) in [7, 11) is 1.82. The number of anilines is 1. The summed E-state index contributed by atoms with van der Waals surface area (Å²) in [6, 6.07) is 14.9. The van der Waals surface area contributed by atoms with Crippen LogP contribution < -0.4 is 15.5 Å². The summed E-state index contributed by atoms with van der Waals surface area (Å²) in [6.07, 6.45) is 0. The van der Waals surface area contributed by atoms with E-state index in [2.05, 4.69) is 10.6 Å². The van der Waals surface area contributed by atoms with E-state index in [4.69, 9.17) is 11.6 Å². The minimum absolute atomic E-state index is 0.113. The fraction of sp³-hybridized carbons (Fsp3) is 0.300. The van der Waals surface area contributed by atoms with Gasteiger partial charge in [0.05, 0.1) is 13.1 Å². The molecule has 0 fully saturated rings. The van der Waals surface area contributed by atoms with E-state index in [-0.39, 0.29) is 30.9 Å². The third-order valence-corrected chi connectivity index (χ3v) is 4.22. The van der Waals surface area contributed by atoms with E-state index in [0.717, 1.165) is 21.7 Å². The Bertz CT molecular complexity index is 762. The minimum atomic E-state index is -0.143. The molecule has 6 heteroatoms. The number of benzene rings is 2. The van der Waals surface area contributed by atoms with Crippen molar-refractivity contribution >= 4 is 29.1 Å². The SMILES string of the molecule is Cc1ccc(NC(=O)C[NH+](C)CC(=O)N[C@H](C)c2cccc(Cl)c2)cc1. The second-order valence-electron chi connectivity index (χ2n) is 6.57. The molecule has 2 atom stereocenters. The maximum Gasteiger partial charge on any atom is 0.279 e. The first-order chi connectivity index (χ1) is 12.3. The lowest BCUT2D eigenvalue weighted by molar-refractivity contribution is -0.862. The fourth-order valence-electron chi connectivity index (χ4n) is 2.60. The van der Waals surface area contributed by atoms with Crippen molar-refractivity contribution in [2.75, 3.05) is 25.5 Å². The predicted octanol–water partition coefficient (Wildman–Crippen LogP) is 1.98. The van der Waals surface area contributed by atoms with Crippen molar-refractivity contribution in [3.8, 4) is 0 Å². The van der Waals surface area contributed by atoms with Gasteiger partial charge in [0.25, 0.3) is 11.8 Å². The van der Waals surface area contributed by atoms with Crippen LogP contribution in [0.3, 0.4) is 0 Å². The van der Waals surface area contributed by atoms with E-state index >= 15 is 0 Å². The van der Waals surface area contributed by atoms with Crippen molar-refractivity contribution in [3.63, 3.8) is 0 Å². The molecule has 0 aromatic heterocycles. The zero-order valence-electron chi connectivity index (χ0n) is 15.3. The van der Waals surface area contributed by atoms with Gasteiger partial charge >= 0.3 is 0 Å². The average molecular weight is 375 g/mol. The molecule has 2 aromatic carbocycles. The molecule has 0 heterocycles. The molecule has 26 heavy (non-hydrogen) atoms. The predicted molar refractivity (Wildman–Crippen MR) is 104 cm³/mol. The van der Waals surface area contributed by atoms with Gasteiger partial charge in [0, 0.05) is 10.7 Å². The number of rotatable bonds is 7. The molecule has 3 N–H and O–H groups in total. The molecule has 1 unspecified atom stereocenters. The molecule has 0 aliphatic heterocycles. The molecule has 0 saturated heterocycles. The van der Waals surface area contributed by atoms with Gasteiger partial charge in [-0.3, -0.25) is 9.59 Å². The molecule has 0 saturated carbocycles. The molecule has 0 bridgehead atoms. The summed E-state index contributed by atoms with van der Waals surface area (Å²) < 4.78 is 0. The highest BCUT2D eigenvalue weighted by Crippen LogP contribution is 2.17. The van der Waals surface area contributed by atoms with Crippen LogP contribution in [0.5, 0.6) is 0 Å². The zero-order valence-corrected chi connectivity index (χ0v) is 16.1. The molecule has 5 nitrogen and oxygen atoms in total. The third kappa shape index (κ3) is 6.50. The molecule has 138 valence electrons. The second-order valence-corrected chi connectivity index (χ2v) is 7.01. The van der Waals surface area contributed by atoms with Gasteiger partial charge in [0.1, 0.15) is 0 Å². The Morgan fingerprint density at radius 2 is 1.73 bits per heavy atom. The summed E-state index contributed by atoms with van der Waals surface area (Å²) in [5.41, 5.74) is 2.84. The number of quaternary nitrogens is 1. The van der Waals surface area contributed by atoms with Crippen LogP contribution in [0.25, 0.3) is 0 Å². The highest BCUT2D eigenvalue weighted by Gasteiger charge is 2.16. The van der Waals surface area contributed by atoms with Crippen molar-refractivity contribution in [3.05, 3.63) is 64.7 Å². The van der Waals surface area contributed by atoms with Gasteiger partial charge in [-0.1, -0.05) is 41.4 Å². The van der Waals surface area contributed by atoms with Gasteiger partial charge < -0.3 is 15.5 Å². The second kappa shape index (κ2) is 9.36. The van der Waals surface area contributed by atoms with E-state index < -0.39 is 0 Å². The number of hydrogen-bond donors (Lipinski definition) is 3. The van der Waals surface area contributed by atoms with E-state index in [1.807, 2.05) is 63.4 Å². The van der Waals surface area contributed by atoms with Gasteiger partial charge in [-0.25, -0.2) is 0 Å². The number of carbonyl (C=O) groups excluding carboxylic acids is 2. The van der Waals surface area contributed by atoms with Crippen LogP contribution in [-0.4, -0.2) is 32.0 Å². The van der Waals surface area contributed by atoms with Gasteiger partial charge in [0.15, 0.2) is 13.1 Å². The van der Waals surface area contributed by atoms with E-state index in [1.54, 1.807) is 6.07 Å². The monoisotopic (exact) mass is 374 g/mol. The summed E-state index contributed by atoms with van der Waals surface area (Å²) in [6.45, 7) is 4.33. The Morgan fingerprint density at radius 1 is 1.08 bits per heavy atom. The maximum absolute atomic E-state index is 12.2. The Labute approximate surface area is 159 Å². The van der Waals surface area contributed by atoms with Crippen molar-refractivity contribution in [2.45, 2.75) is 19.9 Å². The lowest BCUT2D eigenvalue weighted by Gasteiger charge is -2.17. The highest BCUT2D eigenvalue weighted by molar-refractivity contribution is 6.30. The van der Waals surface area contributed by atoms with Crippen LogP contribution in [0.2, 0.25) is 5.02 Å². The van der Waals surface area contributed by atoms with E-state index in [0.29, 0.717) is 5.02 Å². The summed E-state index contributed by atoms with van der Waals surface area (Å²) in [5.74, 6) is -0.236. The number of likely N-dealkylation sites (N-methyl/N-ethyl adjacent to an activating group) is 1. The number of carbonyl (C=O) groups is 2. The maximum atomic E-state index is 12.2. The van der Waals surface area contributed by atoms with Crippen LogP contribution in [0.1, 0.15) is 24.1 Å². The van der Waals surface area contributed by atoms with Gasteiger partial charge in [0.2, 0.25) is 0 Å². The topological polar surface area (TPSA) is 62.6 Å². The van der Waals surface area contributed by atoms with Crippen molar-refractivity contribution in [1.82, 2.24) is 5.32 Å². The van der Waals surface area contributed by atoms with Gasteiger partial charge in [-0.2, -0.15) is 0 Å². The standard InChI is InChI=1S/C20H24ClN3O2/c1-14-7-9-18(10-8-14)23-20(26)13-24(3)12-19(25)22-15(2)16-5-4-6-17(21)11-16/h4-11,15H,12-13H2,1-3H3,(H,22,25)(H,23,26)/p+1/t15-/m1/s1. The highest BCUT2D eigenvalue weighted by atomic mass is 35.5. The summed E-state index contributed by atoms with van der Waals surface area (Å²) in [5, 5.41) is 6.41. The van der Waals surface area contributed by atoms with Gasteiger partial charge in [-0.05, 0) is 43.7 Å². The largest absolute Gasteiger partial charge is 0.345 e. The van der Waals surface area contributed by atoms with Crippen LogP contribution in [0.4, 0.5) is 5.69 Å². The average Bonchev–Trinajstić information content (AvgIpc) is 2.56. The van der Waals surface area contributed by atoms with Crippen LogP contribution in [-0.2, 0) is 9.59 Å². The normalized spacial score (nSPS) is 12.9. The number of aryl methyl sites for hydroxylation is 1. The van der Waals surface area contributed by atoms with E-state index in [1.165, 1.54) is 0 Å². The van der Waals surface area contributed by atoms with Crippen molar-refractivity contribution < 1.29 is 14.5 Å². The fourth-order valence-corrected chi connectivity index (χ4v) is 2.80. The summed E-state index contributed by atoms with van der Waals surface area (Å²) >= 11 is 5.98. The molecule has 2 rings (SSSR count). The molecule has 0 radical (unpaired) electrons. The van der Waals surface area contributed by atoms with Crippen LogP contribution in [0, 0.1) is 6.92 Å². The van der Waals surface area contributed by atoms with Crippen molar-refractivity contribution in [2.24, 2.45) is 0 Å². The molecule has 0 aliphatic rings. The Kier molecular flexibility index (Phi) is 7.18. The number of amides is 2. The number of hydrogen-bond acceptors (Lipinski definition) is 2. The van der Waals surface area contributed by atoms with E-state index in [9.17, 15) is 9.59 Å². The minimum Gasteiger partial charge on any atom is -0.345 e. The molecule has 2 aromatic rings. The molecule has 2 amide bonds. The first-order valence-corrected chi connectivity index (χ1v) is 8.94. The lowest BCUT2D eigenvalue weighted by Crippen LogP contribution is -3.11. The molecule has 0 aliphatic carbocycles. The summed E-state index contributed by atoms with van der Waals surface area (Å²) in [4.78, 5) is 25.1. The van der Waals surface area contributed by atoms with Crippen molar-refractivity contribution in [1.29, 1.82) is 0 Å². The Morgan fingerprint density at radius 3 is 2.38 bits per heavy atom. The smallest absolute Gasteiger partial charge is 0.279 e. The zero-order chi connectivity index (χ0) is 19.1. The number of nitrogens with one attached hydrogen (secondary N) is 3. The van der Waals surface area contributed by atoms with Crippen LogP contribution in [0.15, 0.2) is 48.5 Å². The molecule has 0 spiro atoms. The Balaban J connectivity index is 1.79. The Hall–Kier alpha value is -2.37. The van der Waals surface area contributed by atoms with Gasteiger partial charge in [-0.15, -0.1) is 0 Å². The van der Waals surface area contributed by atoms with Crippen LogP contribution >= 0.6 is 11.6 Å². The lowest BCUT2D eigenvalue weighted by atomic mass is 10.1. The third-order valence-electron chi connectivity index (χ3n) is 3.99. The first kappa shape index (κ1) is 19.9.